The molecule has 0 unspecified atom stereocenters. The van der Waals surface area contributed by atoms with Gasteiger partial charge in [0.1, 0.15) is 5.69 Å². The summed E-state index contributed by atoms with van der Waals surface area (Å²) in [5.41, 5.74) is 3.27. The van der Waals surface area contributed by atoms with Crippen LogP contribution in [0.25, 0.3) is 0 Å². The molecule has 8 heteroatoms. The third-order valence-corrected chi connectivity index (χ3v) is 5.54. The average Bonchev–Trinajstić information content (AvgIpc) is 2.73. The van der Waals surface area contributed by atoms with Gasteiger partial charge in [-0.15, -0.1) is 0 Å². The van der Waals surface area contributed by atoms with E-state index in [4.69, 9.17) is 19.2 Å². The number of rotatable bonds is 7. The number of hydrogen-bond donors (Lipinski definition) is 3. The molecule has 0 amide bonds. The first-order valence-electron chi connectivity index (χ1n) is 10.5. The summed E-state index contributed by atoms with van der Waals surface area (Å²) in [4.78, 5) is 47.4. The van der Waals surface area contributed by atoms with Crippen LogP contribution in [0, 0.1) is 0 Å². The lowest BCUT2D eigenvalue weighted by atomic mass is 9.83. The van der Waals surface area contributed by atoms with Crippen LogP contribution in [0.2, 0.25) is 0 Å². The van der Waals surface area contributed by atoms with E-state index < -0.39 is 7.82 Å². The zero-order valence-electron chi connectivity index (χ0n) is 18.2. The highest BCUT2D eigenvalue weighted by Gasteiger charge is 2.32. The maximum Gasteiger partial charge on any atom is 0.466 e. The fourth-order valence-corrected chi connectivity index (χ4v) is 3.81. The summed E-state index contributed by atoms with van der Waals surface area (Å²) in [5.74, 6) is -0.0762. The highest BCUT2D eigenvalue weighted by molar-refractivity contribution is 7.45. The van der Waals surface area contributed by atoms with Gasteiger partial charge in [-0.1, -0.05) is 51.0 Å². The third-order valence-electron chi connectivity index (χ3n) is 5.54. The summed E-state index contributed by atoms with van der Waals surface area (Å²) in [7, 11) is -2.39. The monoisotopic (exact) mass is 448 g/mol. The molecule has 2 aromatic rings. The van der Waals surface area contributed by atoms with E-state index in [0.29, 0.717) is 22.3 Å². The van der Waals surface area contributed by atoms with Crippen molar-refractivity contribution in [1.29, 1.82) is 0 Å². The number of quaternary nitrogens is 1. The molecule has 168 valence electrons. The van der Waals surface area contributed by atoms with Crippen molar-refractivity contribution < 1.29 is 28.8 Å². The number of benzene rings is 2. The van der Waals surface area contributed by atoms with E-state index in [2.05, 4.69) is 20.9 Å². The molecule has 3 N–H and O–H groups in total. The predicted octanol–water partition coefficient (Wildman–Crippen LogP) is 4.07. The quantitative estimate of drug-likeness (QED) is 0.371. The summed E-state index contributed by atoms with van der Waals surface area (Å²) in [6, 6.07) is 13.0. The van der Waals surface area contributed by atoms with Crippen LogP contribution in [0.5, 0.6) is 0 Å². The number of fused-ring (bicyclic) bond motifs is 2. The molecule has 0 aliphatic heterocycles. The van der Waals surface area contributed by atoms with Crippen LogP contribution in [-0.2, 0) is 4.57 Å². The van der Waals surface area contributed by atoms with Crippen LogP contribution < -0.4 is 4.48 Å². The van der Waals surface area contributed by atoms with Crippen molar-refractivity contribution in [1.82, 2.24) is 4.48 Å². The highest BCUT2D eigenvalue weighted by Crippen LogP contribution is 2.32. The van der Waals surface area contributed by atoms with Gasteiger partial charge in [0, 0.05) is 28.3 Å². The minimum atomic E-state index is -4.64. The molecule has 0 heterocycles. The Balaban J connectivity index is 0.000000614. The zero-order chi connectivity index (χ0) is 23.2. The minimum absolute atomic E-state index is 0.0328. The fraction of sp³-hybridized carbons (Fsp3) is 0.391. The molecule has 1 aliphatic rings. The van der Waals surface area contributed by atoms with E-state index in [0.717, 1.165) is 48.9 Å². The Bertz CT molecular complexity index is 981. The van der Waals surface area contributed by atoms with Crippen molar-refractivity contribution >= 4 is 25.1 Å². The Morgan fingerprint density at radius 2 is 1.19 bits per heavy atom. The van der Waals surface area contributed by atoms with Crippen molar-refractivity contribution in [3.05, 3.63) is 64.7 Å². The Morgan fingerprint density at radius 1 is 0.774 bits per heavy atom. The summed E-state index contributed by atoms with van der Waals surface area (Å²) < 4.78 is 9.70. The first-order chi connectivity index (χ1) is 14.5. The normalized spacial score (nSPS) is 13.2. The Labute approximate surface area is 183 Å². The number of carbonyl (C=O) groups excluding carboxylic acids is 2. The third kappa shape index (κ3) is 6.42. The molecule has 0 atom stereocenters. The van der Waals surface area contributed by atoms with Gasteiger partial charge >= 0.3 is 7.82 Å². The Morgan fingerprint density at radius 3 is 1.65 bits per heavy atom. The van der Waals surface area contributed by atoms with Crippen molar-refractivity contribution in [2.45, 2.75) is 39.5 Å². The summed E-state index contributed by atoms with van der Waals surface area (Å²) in [6.45, 7) is 6.51. The van der Waals surface area contributed by atoms with Crippen molar-refractivity contribution in [2.24, 2.45) is 0 Å². The number of nitrogens with zero attached hydrogens (tertiary/aromatic N) is 1. The molecule has 0 saturated heterocycles. The summed E-state index contributed by atoms with van der Waals surface area (Å²) in [6.07, 6.45) is 4.59. The second-order valence-corrected chi connectivity index (χ2v) is 9.02. The molecule has 0 bridgehead atoms. The predicted molar refractivity (Wildman–Crippen MR) is 121 cm³/mol. The number of hydrogen-bond acceptors (Lipinski definition) is 3. The van der Waals surface area contributed by atoms with Crippen molar-refractivity contribution in [3.8, 4) is 0 Å². The lowest BCUT2D eigenvalue weighted by Gasteiger charge is -2.35. The highest BCUT2D eigenvalue weighted by atomic mass is 31.2. The number of unbranched alkanes of at least 4 members (excludes halogenated alkanes) is 2. The summed E-state index contributed by atoms with van der Waals surface area (Å²) >= 11 is 0. The van der Waals surface area contributed by atoms with E-state index in [9.17, 15) is 9.59 Å². The van der Waals surface area contributed by atoms with Crippen LogP contribution in [0.15, 0.2) is 42.5 Å². The van der Waals surface area contributed by atoms with E-state index in [1.165, 1.54) is 0 Å². The van der Waals surface area contributed by atoms with Crippen LogP contribution in [0.3, 0.4) is 0 Å². The average molecular weight is 448 g/mol. The first-order valence-corrected chi connectivity index (χ1v) is 12.0. The lowest BCUT2D eigenvalue weighted by molar-refractivity contribution is 0.0979. The summed E-state index contributed by atoms with van der Waals surface area (Å²) in [5, 5.41) is 0. The van der Waals surface area contributed by atoms with Gasteiger partial charge in [0.15, 0.2) is 11.6 Å². The SMILES string of the molecule is CCCC[N+](C)(CCCC)c1ccc2c(c1)C(=O)c1ccccc1C2=O.O=P(O)(O)O. The number of phosphoric acid groups is 1. The topological polar surface area (TPSA) is 112 Å². The Hall–Kier alpha value is -2.15. The molecule has 2 aromatic carbocycles. The van der Waals surface area contributed by atoms with Crippen LogP contribution in [0.4, 0.5) is 5.69 Å². The van der Waals surface area contributed by atoms with Gasteiger partial charge in [-0.2, -0.15) is 0 Å². The van der Waals surface area contributed by atoms with Gasteiger partial charge in [-0.25, -0.2) is 4.57 Å². The molecule has 0 aromatic heterocycles. The first kappa shape index (κ1) is 25.1. The van der Waals surface area contributed by atoms with Gasteiger partial charge in [0.2, 0.25) is 0 Å². The molecule has 0 spiro atoms. The van der Waals surface area contributed by atoms with E-state index >= 15 is 0 Å². The number of carbonyl (C=O) groups is 2. The molecule has 31 heavy (non-hydrogen) atoms. The maximum atomic E-state index is 13.0. The van der Waals surface area contributed by atoms with Gasteiger partial charge in [0.25, 0.3) is 0 Å². The van der Waals surface area contributed by atoms with E-state index in [-0.39, 0.29) is 11.6 Å². The smallest absolute Gasteiger partial charge is 0.303 e. The minimum Gasteiger partial charge on any atom is -0.303 e. The van der Waals surface area contributed by atoms with Crippen LogP contribution in [0.1, 0.15) is 71.4 Å². The van der Waals surface area contributed by atoms with Crippen molar-refractivity contribution in [3.63, 3.8) is 0 Å². The van der Waals surface area contributed by atoms with Gasteiger partial charge in [-0.3, -0.25) is 14.1 Å². The molecular formula is C23H31NO6P+. The number of ketones is 2. The second-order valence-electron chi connectivity index (χ2n) is 8.00. The molecule has 0 saturated carbocycles. The van der Waals surface area contributed by atoms with Crippen LogP contribution in [-0.4, -0.2) is 46.4 Å². The standard InChI is InChI=1S/C23H28NO2.H3O4P/c1-4-6-14-24(3,15-7-5-2)17-12-13-20-21(16-17)23(26)19-11-9-8-10-18(19)22(20)25;1-5(2,3)4/h8-13,16H,4-7,14-15H2,1-3H3;(H3,1,2,3,4)/q+1;. The second kappa shape index (κ2) is 10.4. The lowest BCUT2D eigenvalue weighted by Crippen LogP contribution is -2.46. The van der Waals surface area contributed by atoms with Gasteiger partial charge < -0.3 is 14.7 Å². The molecule has 3 rings (SSSR count). The van der Waals surface area contributed by atoms with Crippen LogP contribution >= 0.6 is 7.82 Å². The molecule has 0 radical (unpaired) electrons. The van der Waals surface area contributed by atoms with Gasteiger partial charge in [0.05, 0.1) is 20.1 Å². The fourth-order valence-electron chi connectivity index (χ4n) is 3.81. The molecule has 1 aliphatic carbocycles. The molecule has 0 fully saturated rings. The maximum absolute atomic E-state index is 13.0. The van der Waals surface area contributed by atoms with Crippen molar-refractivity contribution in [2.75, 3.05) is 20.1 Å². The molecule has 7 nitrogen and oxygen atoms in total. The van der Waals surface area contributed by atoms with E-state index in [1.807, 2.05) is 30.3 Å². The zero-order valence-corrected chi connectivity index (χ0v) is 19.1. The van der Waals surface area contributed by atoms with Gasteiger partial charge in [-0.05, 0) is 25.0 Å². The Kier molecular flexibility index (Phi) is 8.46. The van der Waals surface area contributed by atoms with E-state index in [1.54, 1.807) is 12.1 Å². The largest absolute Gasteiger partial charge is 0.466 e. The molecular weight excluding hydrogens is 417 g/mol.